The fourth-order valence-corrected chi connectivity index (χ4v) is 2.49. The van der Waals surface area contributed by atoms with Gasteiger partial charge in [-0.05, 0) is 53.8 Å². The number of methoxy groups -OCH3 is 1. The van der Waals surface area contributed by atoms with Crippen molar-refractivity contribution in [1.29, 1.82) is 0 Å². The summed E-state index contributed by atoms with van der Waals surface area (Å²) in [6.07, 6.45) is 3.37. The summed E-state index contributed by atoms with van der Waals surface area (Å²) in [7, 11) is 1.62. The quantitative estimate of drug-likeness (QED) is 0.728. The third-order valence-electron chi connectivity index (χ3n) is 4.15. The van der Waals surface area contributed by atoms with Crippen molar-refractivity contribution in [1.82, 2.24) is 5.32 Å². The first-order valence-corrected chi connectivity index (χ1v) is 9.14. The van der Waals surface area contributed by atoms with E-state index in [1.807, 2.05) is 49.4 Å². The predicted molar refractivity (Wildman–Crippen MR) is 110 cm³/mol. The molecule has 0 bridgehead atoms. The van der Waals surface area contributed by atoms with Gasteiger partial charge < -0.3 is 14.8 Å². The second-order valence-corrected chi connectivity index (χ2v) is 7.60. The maximum absolute atomic E-state index is 12.1. The summed E-state index contributed by atoms with van der Waals surface area (Å²) < 4.78 is 10.8. The van der Waals surface area contributed by atoms with E-state index in [1.54, 1.807) is 13.2 Å². The zero-order valence-electron chi connectivity index (χ0n) is 16.8. The zero-order valence-corrected chi connectivity index (χ0v) is 16.8. The molecule has 0 unspecified atom stereocenters. The highest BCUT2D eigenvalue weighted by Crippen LogP contribution is 2.22. The van der Waals surface area contributed by atoms with Gasteiger partial charge >= 0.3 is 0 Å². The molecule has 0 saturated heterocycles. The summed E-state index contributed by atoms with van der Waals surface area (Å²) >= 11 is 0. The molecule has 1 atom stereocenters. The number of benzene rings is 2. The predicted octanol–water partition coefficient (Wildman–Crippen LogP) is 4.59. The Morgan fingerprint density at radius 2 is 1.63 bits per heavy atom. The van der Waals surface area contributed by atoms with Gasteiger partial charge in [0.1, 0.15) is 18.1 Å². The van der Waals surface area contributed by atoms with Gasteiger partial charge in [0, 0.05) is 6.08 Å². The van der Waals surface area contributed by atoms with Gasteiger partial charge in [-0.1, -0.05) is 45.0 Å². The van der Waals surface area contributed by atoms with E-state index in [9.17, 15) is 4.79 Å². The van der Waals surface area contributed by atoms with Gasteiger partial charge in [0.05, 0.1) is 13.2 Å². The molecule has 0 aliphatic heterocycles. The highest BCUT2D eigenvalue weighted by molar-refractivity contribution is 5.91. The molecule has 0 spiro atoms. The average molecular weight is 367 g/mol. The summed E-state index contributed by atoms with van der Waals surface area (Å²) in [5, 5.41) is 2.90. The SMILES string of the molecule is COc1ccc(OC[C@@H](C)NC(=O)/C=C/c2ccc(C(C)(C)C)cc2)cc1. The number of nitrogens with one attached hydrogen (secondary N) is 1. The Hall–Kier alpha value is -2.75. The molecule has 2 rings (SSSR count). The highest BCUT2D eigenvalue weighted by atomic mass is 16.5. The molecule has 144 valence electrons. The monoisotopic (exact) mass is 367 g/mol. The van der Waals surface area contributed by atoms with Gasteiger partial charge in [0.2, 0.25) is 5.91 Å². The Balaban J connectivity index is 1.80. The van der Waals surface area contributed by atoms with E-state index in [-0.39, 0.29) is 17.4 Å². The molecule has 0 radical (unpaired) electrons. The Labute approximate surface area is 162 Å². The van der Waals surface area contributed by atoms with Crippen LogP contribution in [0.3, 0.4) is 0 Å². The zero-order chi connectivity index (χ0) is 19.9. The van der Waals surface area contributed by atoms with Crippen molar-refractivity contribution in [2.75, 3.05) is 13.7 Å². The molecule has 0 saturated carbocycles. The molecule has 0 aliphatic carbocycles. The van der Waals surface area contributed by atoms with Crippen molar-refractivity contribution in [3.05, 3.63) is 65.7 Å². The smallest absolute Gasteiger partial charge is 0.244 e. The van der Waals surface area contributed by atoms with Crippen molar-refractivity contribution in [2.24, 2.45) is 0 Å². The van der Waals surface area contributed by atoms with Crippen LogP contribution in [0.4, 0.5) is 0 Å². The molecule has 1 N–H and O–H groups in total. The van der Waals surface area contributed by atoms with Crippen molar-refractivity contribution < 1.29 is 14.3 Å². The number of carbonyl (C=O) groups is 1. The fourth-order valence-electron chi connectivity index (χ4n) is 2.49. The van der Waals surface area contributed by atoms with Crippen molar-refractivity contribution in [2.45, 2.75) is 39.2 Å². The molecule has 0 fully saturated rings. The molecule has 0 aliphatic rings. The van der Waals surface area contributed by atoms with Gasteiger partial charge in [-0.3, -0.25) is 4.79 Å². The molecule has 2 aromatic carbocycles. The molecule has 4 nitrogen and oxygen atoms in total. The second-order valence-electron chi connectivity index (χ2n) is 7.60. The van der Waals surface area contributed by atoms with Crippen LogP contribution in [0.15, 0.2) is 54.6 Å². The van der Waals surface area contributed by atoms with Crippen molar-refractivity contribution >= 4 is 12.0 Å². The molecule has 0 heterocycles. The first-order valence-electron chi connectivity index (χ1n) is 9.14. The lowest BCUT2D eigenvalue weighted by atomic mass is 9.87. The van der Waals surface area contributed by atoms with Crippen LogP contribution in [0, 0.1) is 0 Å². The van der Waals surface area contributed by atoms with Crippen LogP contribution in [-0.4, -0.2) is 25.7 Å². The molecule has 27 heavy (non-hydrogen) atoms. The summed E-state index contributed by atoms with van der Waals surface area (Å²) in [5.74, 6) is 1.39. The number of hydrogen-bond acceptors (Lipinski definition) is 3. The van der Waals surface area contributed by atoms with E-state index in [2.05, 4.69) is 38.2 Å². The largest absolute Gasteiger partial charge is 0.497 e. The Bertz CT molecular complexity index is 756. The van der Waals surface area contributed by atoms with Crippen LogP contribution in [0.1, 0.15) is 38.8 Å². The number of carbonyl (C=O) groups excluding carboxylic acids is 1. The van der Waals surface area contributed by atoms with Crippen LogP contribution in [0.25, 0.3) is 6.08 Å². The topological polar surface area (TPSA) is 47.6 Å². The van der Waals surface area contributed by atoms with Crippen LogP contribution in [0.2, 0.25) is 0 Å². The number of rotatable bonds is 7. The average Bonchev–Trinajstić information content (AvgIpc) is 2.65. The molecular weight excluding hydrogens is 338 g/mol. The fraction of sp³-hybridized carbons (Fsp3) is 0.348. The van der Waals surface area contributed by atoms with Crippen LogP contribution in [-0.2, 0) is 10.2 Å². The van der Waals surface area contributed by atoms with Gasteiger partial charge in [0.15, 0.2) is 0 Å². The van der Waals surface area contributed by atoms with Gasteiger partial charge in [0.25, 0.3) is 0 Å². The maximum Gasteiger partial charge on any atom is 0.244 e. The standard InChI is InChI=1S/C23H29NO3/c1-17(16-27-21-13-11-20(26-5)12-14-21)24-22(25)15-8-18-6-9-19(10-7-18)23(2,3)4/h6-15,17H,16H2,1-5H3,(H,24,25)/b15-8+/t17-/m1/s1. The summed E-state index contributed by atoms with van der Waals surface area (Å²) in [4.78, 5) is 12.1. The third-order valence-corrected chi connectivity index (χ3v) is 4.15. The van der Waals surface area contributed by atoms with E-state index in [1.165, 1.54) is 5.56 Å². The number of hydrogen-bond donors (Lipinski definition) is 1. The van der Waals surface area contributed by atoms with Crippen molar-refractivity contribution in [3.63, 3.8) is 0 Å². The minimum atomic E-state index is -0.138. The molecule has 0 aromatic heterocycles. The first-order chi connectivity index (χ1) is 12.8. The Morgan fingerprint density at radius 3 is 2.19 bits per heavy atom. The molecule has 4 heteroatoms. The number of amides is 1. The van der Waals surface area contributed by atoms with E-state index in [4.69, 9.17) is 9.47 Å². The van der Waals surface area contributed by atoms with E-state index in [0.717, 1.165) is 17.1 Å². The molecule has 1 amide bonds. The second kappa shape index (κ2) is 9.26. The Morgan fingerprint density at radius 1 is 1.04 bits per heavy atom. The lowest BCUT2D eigenvalue weighted by Gasteiger charge is -2.18. The third kappa shape index (κ3) is 6.81. The van der Waals surface area contributed by atoms with E-state index < -0.39 is 0 Å². The van der Waals surface area contributed by atoms with Gasteiger partial charge in [-0.25, -0.2) is 0 Å². The lowest BCUT2D eigenvalue weighted by Crippen LogP contribution is -2.35. The number of ether oxygens (including phenoxy) is 2. The van der Waals surface area contributed by atoms with Crippen LogP contribution >= 0.6 is 0 Å². The maximum atomic E-state index is 12.1. The lowest BCUT2D eigenvalue weighted by molar-refractivity contribution is -0.117. The minimum absolute atomic E-state index is 0.104. The van der Waals surface area contributed by atoms with E-state index in [0.29, 0.717) is 6.61 Å². The Kier molecular flexibility index (Phi) is 7.05. The van der Waals surface area contributed by atoms with Gasteiger partial charge in [-0.15, -0.1) is 0 Å². The van der Waals surface area contributed by atoms with Crippen LogP contribution < -0.4 is 14.8 Å². The summed E-state index contributed by atoms with van der Waals surface area (Å²) in [6.45, 7) is 8.85. The van der Waals surface area contributed by atoms with Crippen molar-refractivity contribution in [3.8, 4) is 11.5 Å². The van der Waals surface area contributed by atoms with E-state index >= 15 is 0 Å². The minimum Gasteiger partial charge on any atom is -0.497 e. The molecular formula is C23H29NO3. The van der Waals surface area contributed by atoms with Gasteiger partial charge in [-0.2, -0.15) is 0 Å². The molecule has 2 aromatic rings. The first kappa shape index (κ1) is 20.6. The summed E-state index contributed by atoms with van der Waals surface area (Å²) in [6, 6.07) is 15.5. The normalized spacial score (nSPS) is 12.6. The summed E-state index contributed by atoms with van der Waals surface area (Å²) in [5.41, 5.74) is 2.40. The van der Waals surface area contributed by atoms with Crippen LogP contribution in [0.5, 0.6) is 11.5 Å². The highest BCUT2D eigenvalue weighted by Gasteiger charge is 2.12.